The van der Waals surface area contributed by atoms with E-state index in [1.54, 1.807) is 18.2 Å². The van der Waals surface area contributed by atoms with Crippen LogP contribution in [0.5, 0.6) is 5.75 Å². The number of nitrogens with two attached hydrogens (primary N) is 1. The van der Waals surface area contributed by atoms with E-state index in [4.69, 9.17) is 10.5 Å². The van der Waals surface area contributed by atoms with Crippen LogP contribution in [0.25, 0.3) is 10.9 Å². The molecule has 1 aliphatic heterocycles. The zero-order chi connectivity index (χ0) is 21.4. The number of carbonyl (C=O) groups is 1. The lowest BCUT2D eigenvalue weighted by Crippen LogP contribution is -2.51. The molecule has 2 heterocycles. The van der Waals surface area contributed by atoms with Gasteiger partial charge < -0.3 is 15.5 Å². The summed E-state index contributed by atoms with van der Waals surface area (Å²) in [7, 11) is 0. The van der Waals surface area contributed by atoms with Crippen LogP contribution in [0.2, 0.25) is 0 Å². The minimum absolute atomic E-state index is 0. The normalized spacial score (nSPS) is 18.0. The number of H-pyrrole nitrogens is 1. The summed E-state index contributed by atoms with van der Waals surface area (Å²) >= 11 is 0. The van der Waals surface area contributed by atoms with Gasteiger partial charge in [0, 0.05) is 40.3 Å². The predicted molar refractivity (Wildman–Crippen MR) is 126 cm³/mol. The van der Waals surface area contributed by atoms with Gasteiger partial charge in [-0.05, 0) is 74.5 Å². The Balaban J connectivity index is 0.00000245. The smallest absolute Gasteiger partial charge is 0.249 e. The number of nitrogens with one attached hydrogen (secondary N) is 1. The molecule has 5 rings (SSSR count). The number of hydrogen-bond donors (Lipinski definition) is 2. The minimum atomic E-state index is -0.400. The molecule has 1 fully saturated rings. The molecule has 32 heavy (non-hydrogen) atoms. The molecule has 1 saturated carbocycles. The second-order valence-electron chi connectivity index (χ2n) is 8.75. The van der Waals surface area contributed by atoms with Crippen LogP contribution in [0.1, 0.15) is 47.2 Å². The number of nitrogens with zero attached hydrogens (tertiary/aromatic N) is 1. The Hall–Kier alpha value is -2.57. The van der Waals surface area contributed by atoms with Crippen molar-refractivity contribution in [2.75, 3.05) is 13.2 Å². The van der Waals surface area contributed by atoms with Crippen molar-refractivity contribution in [3.05, 3.63) is 65.1 Å². The van der Waals surface area contributed by atoms with Gasteiger partial charge >= 0.3 is 0 Å². The van der Waals surface area contributed by atoms with Crippen molar-refractivity contribution in [2.24, 2.45) is 5.73 Å². The maximum atomic E-state index is 13.7. The molecule has 3 aromatic rings. The van der Waals surface area contributed by atoms with Gasteiger partial charge in [0.25, 0.3) is 0 Å². The summed E-state index contributed by atoms with van der Waals surface area (Å²) in [5, 5.41) is 0.969. The van der Waals surface area contributed by atoms with Gasteiger partial charge in [-0.15, -0.1) is 12.4 Å². The second kappa shape index (κ2) is 9.51. The number of ether oxygens (including phenoxy) is 1. The standard InChI is InChI=1S/C25H28FN3O2.ClH/c26-17-9-10-23-21(12-17)16(14-28-23)4-3-11-29(18-5-1-6-18)19-13-22-20(25(27)30)7-2-8-24(22)31-15-19;/h2,7-10,12,14,18-19,28H,1,3-6,11,13,15H2,(H2,27,30);1H. The number of aromatic nitrogens is 1. The fourth-order valence-corrected chi connectivity index (χ4v) is 5.03. The van der Waals surface area contributed by atoms with Crippen LogP contribution in [0.15, 0.2) is 42.6 Å². The van der Waals surface area contributed by atoms with Gasteiger partial charge in [-0.2, -0.15) is 0 Å². The molecule has 1 unspecified atom stereocenters. The van der Waals surface area contributed by atoms with Crippen molar-refractivity contribution in [1.29, 1.82) is 0 Å². The van der Waals surface area contributed by atoms with Crippen LogP contribution in [-0.4, -0.2) is 41.0 Å². The fourth-order valence-electron chi connectivity index (χ4n) is 5.03. The molecule has 1 aromatic heterocycles. The first-order valence-corrected chi connectivity index (χ1v) is 11.2. The van der Waals surface area contributed by atoms with E-state index < -0.39 is 5.91 Å². The zero-order valence-electron chi connectivity index (χ0n) is 18.0. The lowest BCUT2D eigenvalue weighted by atomic mass is 9.87. The maximum Gasteiger partial charge on any atom is 0.249 e. The lowest BCUT2D eigenvalue weighted by molar-refractivity contribution is 0.0434. The molecule has 1 atom stereocenters. The van der Waals surface area contributed by atoms with E-state index in [1.807, 2.05) is 18.3 Å². The molecule has 1 aliphatic carbocycles. The molecular formula is C25H29ClFN3O2. The molecule has 3 N–H and O–H groups in total. The molecule has 5 nitrogen and oxygen atoms in total. The van der Waals surface area contributed by atoms with Crippen LogP contribution >= 0.6 is 12.4 Å². The van der Waals surface area contributed by atoms with E-state index >= 15 is 0 Å². The van der Waals surface area contributed by atoms with Crippen molar-refractivity contribution < 1.29 is 13.9 Å². The summed E-state index contributed by atoms with van der Waals surface area (Å²) < 4.78 is 19.7. The van der Waals surface area contributed by atoms with Gasteiger partial charge in [-0.25, -0.2) is 4.39 Å². The quantitative estimate of drug-likeness (QED) is 0.543. The Morgan fingerprint density at radius 3 is 2.81 bits per heavy atom. The van der Waals surface area contributed by atoms with E-state index in [-0.39, 0.29) is 24.3 Å². The third-order valence-corrected chi connectivity index (χ3v) is 6.87. The Kier molecular flexibility index (Phi) is 6.72. The zero-order valence-corrected chi connectivity index (χ0v) is 18.8. The summed E-state index contributed by atoms with van der Waals surface area (Å²) in [6.45, 7) is 1.58. The Labute approximate surface area is 193 Å². The molecule has 0 saturated heterocycles. The SMILES string of the molecule is Cl.NC(=O)c1cccc2c1CC(N(CCCc1c[nH]c3ccc(F)cc13)C1CCC1)CO2. The van der Waals surface area contributed by atoms with Crippen molar-refractivity contribution in [2.45, 2.75) is 50.6 Å². The summed E-state index contributed by atoms with van der Waals surface area (Å²) in [6, 6.07) is 11.2. The van der Waals surface area contributed by atoms with Crippen LogP contribution < -0.4 is 10.5 Å². The molecule has 0 radical (unpaired) electrons. The number of primary amides is 1. The van der Waals surface area contributed by atoms with Gasteiger partial charge in [0.15, 0.2) is 0 Å². The molecule has 1 amide bonds. The number of hydrogen-bond acceptors (Lipinski definition) is 3. The number of benzene rings is 2. The summed E-state index contributed by atoms with van der Waals surface area (Å²) in [6.07, 6.45) is 8.34. The largest absolute Gasteiger partial charge is 0.492 e. The average molecular weight is 458 g/mol. The second-order valence-corrected chi connectivity index (χ2v) is 8.75. The highest BCUT2D eigenvalue weighted by Gasteiger charge is 2.34. The third kappa shape index (κ3) is 4.34. The molecule has 2 aromatic carbocycles. The molecule has 7 heteroatoms. The highest BCUT2D eigenvalue weighted by atomic mass is 35.5. The van der Waals surface area contributed by atoms with Crippen LogP contribution in [0.4, 0.5) is 4.39 Å². The number of rotatable bonds is 7. The van der Waals surface area contributed by atoms with Crippen molar-refractivity contribution >= 4 is 29.2 Å². The van der Waals surface area contributed by atoms with Crippen molar-refractivity contribution in [1.82, 2.24) is 9.88 Å². The number of amides is 1. The molecule has 2 aliphatic rings. The average Bonchev–Trinajstić information content (AvgIpc) is 3.12. The lowest BCUT2D eigenvalue weighted by Gasteiger charge is -2.44. The van der Waals surface area contributed by atoms with E-state index in [1.165, 1.54) is 25.3 Å². The number of aryl methyl sites for hydroxylation is 1. The summed E-state index contributed by atoms with van der Waals surface area (Å²) in [5.41, 5.74) is 9.24. The monoisotopic (exact) mass is 457 g/mol. The first-order valence-electron chi connectivity index (χ1n) is 11.2. The third-order valence-electron chi connectivity index (χ3n) is 6.87. The fraction of sp³-hybridized carbons (Fsp3) is 0.400. The van der Waals surface area contributed by atoms with Crippen molar-refractivity contribution in [3.8, 4) is 5.75 Å². The van der Waals surface area contributed by atoms with Crippen LogP contribution in [-0.2, 0) is 12.8 Å². The Morgan fingerprint density at radius 1 is 1.22 bits per heavy atom. The first kappa shape index (κ1) is 22.6. The maximum absolute atomic E-state index is 13.7. The van der Waals surface area contributed by atoms with E-state index in [0.717, 1.165) is 53.6 Å². The molecule has 0 bridgehead atoms. The van der Waals surface area contributed by atoms with E-state index in [9.17, 15) is 9.18 Å². The predicted octanol–water partition coefficient (Wildman–Crippen LogP) is 4.62. The first-order chi connectivity index (χ1) is 15.1. The summed E-state index contributed by atoms with van der Waals surface area (Å²) in [5.74, 6) is 0.178. The number of halogens is 2. The number of aromatic amines is 1. The van der Waals surface area contributed by atoms with E-state index in [2.05, 4.69) is 9.88 Å². The van der Waals surface area contributed by atoms with Crippen LogP contribution in [0.3, 0.4) is 0 Å². The summed E-state index contributed by atoms with van der Waals surface area (Å²) in [4.78, 5) is 17.7. The topological polar surface area (TPSA) is 71.4 Å². The molecule has 170 valence electrons. The Bertz CT molecular complexity index is 1110. The van der Waals surface area contributed by atoms with Gasteiger partial charge in [0.2, 0.25) is 5.91 Å². The highest BCUT2D eigenvalue weighted by molar-refractivity contribution is 5.95. The van der Waals surface area contributed by atoms with Crippen molar-refractivity contribution in [3.63, 3.8) is 0 Å². The van der Waals surface area contributed by atoms with Gasteiger partial charge in [-0.1, -0.05) is 12.5 Å². The Morgan fingerprint density at radius 2 is 2.06 bits per heavy atom. The molecule has 0 spiro atoms. The van der Waals surface area contributed by atoms with Gasteiger partial charge in [0.1, 0.15) is 18.2 Å². The minimum Gasteiger partial charge on any atom is -0.492 e. The van der Waals surface area contributed by atoms with Gasteiger partial charge in [0.05, 0.1) is 0 Å². The number of carbonyl (C=O) groups excluding carboxylic acids is 1. The van der Waals surface area contributed by atoms with Crippen LogP contribution in [0, 0.1) is 5.82 Å². The van der Waals surface area contributed by atoms with E-state index in [0.29, 0.717) is 18.2 Å². The highest BCUT2D eigenvalue weighted by Crippen LogP contribution is 2.34. The number of fused-ring (bicyclic) bond motifs is 2. The molecular weight excluding hydrogens is 429 g/mol. The van der Waals surface area contributed by atoms with Gasteiger partial charge in [-0.3, -0.25) is 9.69 Å².